The van der Waals surface area contributed by atoms with Gasteiger partial charge in [-0.25, -0.2) is 0 Å². The van der Waals surface area contributed by atoms with Crippen molar-refractivity contribution in [1.29, 1.82) is 5.26 Å². The lowest BCUT2D eigenvalue weighted by Crippen LogP contribution is -2.43. The van der Waals surface area contributed by atoms with Gasteiger partial charge >= 0.3 is 0 Å². The van der Waals surface area contributed by atoms with Crippen LogP contribution in [-0.2, 0) is 0 Å². The summed E-state index contributed by atoms with van der Waals surface area (Å²) in [5, 5.41) is 12.2. The first-order chi connectivity index (χ1) is 8.40. The number of unbranched alkanes of at least 4 members (excludes halogenated alkanes) is 2. The van der Waals surface area contributed by atoms with Crippen LogP contribution in [0.4, 0.5) is 0 Å². The largest absolute Gasteiger partial charge is 0.314 e. The van der Waals surface area contributed by atoms with Gasteiger partial charge < -0.3 is 10.2 Å². The van der Waals surface area contributed by atoms with Crippen molar-refractivity contribution in [3.05, 3.63) is 0 Å². The number of nitrogens with zero attached hydrogens (tertiary/aromatic N) is 2. The second-order valence-corrected chi connectivity index (χ2v) is 5.52. The second kappa shape index (κ2) is 6.98. The number of nitrogens with one attached hydrogen (secondary N) is 1. The van der Waals surface area contributed by atoms with Crippen molar-refractivity contribution in [2.45, 2.75) is 51.0 Å². The van der Waals surface area contributed by atoms with Crippen molar-refractivity contribution < 1.29 is 0 Å². The van der Waals surface area contributed by atoms with Crippen molar-refractivity contribution >= 4 is 0 Å². The second-order valence-electron chi connectivity index (χ2n) is 5.52. The molecular weight excluding hydrogens is 210 g/mol. The van der Waals surface area contributed by atoms with Crippen LogP contribution < -0.4 is 5.32 Å². The first-order valence-electron chi connectivity index (χ1n) is 7.23. The monoisotopic (exact) mass is 235 g/mol. The molecule has 17 heavy (non-hydrogen) atoms. The molecule has 96 valence electrons. The number of hydrogen-bond donors (Lipinski definition) is 1. The molecule has 3 nitrogen and oxygen atoms in total. The van der Waals surface area contributed by atoms with Gasteiger partial charge in [-0.1, -0.05) is 0 Å². The SMILES string of the molecule is N#CCCCCN1CCCC(C2CCCN2)C1. The minimum atomic E-state index is 0.724. The standard InChI is InChI=1S/C14H25N3/c15-8-2-1-3-10-17-11-5-6-13(12-17)14-7-4-9-16-14/h13-14,16H,1-7,9-12H2. The molecule has 0 saturated carbocycles. The fraction of sp³-hybridized carbons (Fsp3) is 0.929. The highest BCUT2D eigenvalue weighted by Crippen LogP contribution is 2.24. The molecule has 0 radical (unpaired) electrons. The van der Waals surface area contributed by atoms with Crippen molar-refractivity contribution in [3.8, 4) is 6.07 Å². The van der Waals surface area contributed by atoms with Crippen LogP contribution in [0.5, 0.6) is 0 Å². The Hall–Kier alpha value is -0.590. The molecule has 2 aliphatic heterocycles. The number of rotatable bonds is 5. The highest BCUT2D eigenvalue weighted by atomic mass is 15.1. The zero-order valence-corrected chi connectivity index (χ0v) is 10.8. The summed E-state index contributed by atoms with van der Waals surface area (Å²) in [5.41, 5.74) is 0. The van der Waals surface area contributed by atoms with Gasteiger partial charge in [-0.3, -0.25) is 0 Å². The third-order valence-electron chi connectivity index (χ3n) is 4.22. The van der Waals surface area contributed by atoms with Crippen molar-refractivity contribution in [3.63, 3.8) is 0 Å². The summed E-state index contributed by atoms with van der Waals surface area (Å²) in [5.74, 6) is 0.877. The topological polar surface area (TPSA) is 39.1 Å². The first-order valence-corrected chi connectivity index (χ1v) is 7.23. The number of piperidine rings is 1. The van der Waals surface area contributed by atoms with Crippen LogP contribution in [-0.4, -0.2) is 37.1 Å². The minimum absolute atomic E-state index is 0.724. The van der Waals surface area contributed by atoms with Gasteiger partial charge in [0.1, 0.15) is 0 Å². The third kappa shape index (κ3) is 3.97. The predicted octanol–water partition coefficient (Wildman–Crippen LogP) is 2.14. The normalized spacial score (nSPS) is 30.3. The Morgan fingerprint density at radius 3 is 2.94 bits per heavy atom. The maximum absolute atomic E-state index is 8.52. The summed E-state index contributed by atoms with van der Waals surface area (Å²) in [6.07, 6.45) is 8.50. The molecule has 0 spiro atoms. The number of nitriles is 1. The molecule has 0 bridgehead atoms. The van der Waals surface area contributed by atoms with E-state index in [9.17, 15) is 0 Å². The highest BCUT2D eigenvalue weighted by molar-refractivity contribution is 4.86. The van der Waals surface area contributed by atoms with E-state index in [4.69, 9.17) is 5.26 Å². The fourth-order valence-corrected chi connectivity index (χ4v) is 3.28. The Balaban J connectivity index is 1.67. The summed E-state index contributed by atoms with van der Waals surface area (Å²) in [7, 11) is 0. The van der Waals surface area contributed by atoms with E-state index in [0.29, 0.717) is 0 Å². The van der Waals surface area contributed by atoms with Gasteiger partial charge in [0.15, 0.2) is 0 Å². The highest BCUT2D eigenvalue weighted by Gasteiger charge is 2.28. The maximum atomic E-state index is 8.52. The molecule has 1 N–H and O–H groups in total. The maximum Gasteiger partial charge on any atom is 0.0621 e. The van der Waals surface area contributed by atoms with Gasteiger partial charge in [0, 0.05) is 19.0 Å². The van der Waals surface area contributed by atoms with E-state index in [1.807, 2.05) is 0 Å². The molecule has 2 aliphatic rings. The molecule has 0 aromatic rings. The van der Waals surface area contributed by atoms with Crippen LogP contribution in [0.2, 0.25) is 0 Å². The number of hydrogen-bond acceptors (Lipinski definition) is 3. The lowest BCUT2D eigenvalue weighted by atomic mass is 9.89. The summed E-state index contributed by atoms with van der Waals surface area (Å²) in [6, 6.07) is 3.02. The van der Waals surface area contributed by atoms with E-state index < -0.39 is 0 Å². The van der Waals surface area contributed by atoms with Gasteiger partial charge in [-0.05, 0) is 64.1 Å². The Morgan fingerprint density at radius 1 is 1.24 bits per heavy atom. The minimum Gasteiger partial charge on any atom is -0.314 e. The van der Waals surface area contributed by atoms with Gasteiger partial charge in [0.2, 0.25) is 0 Å². The zero-order chi connectivity index (χ0) is 11.9. The van der Waals surface area contributed by atoms with Crippen LogP contribution in [0.25, 0.3) is 0 Å². The molecule has 2 atom stereocenters. The Labute approximate surface area is 105 Å². The van der Waals surface area contributed by atoms with Crippen LogP contribution in [0.3, 0.4) is 0 Å². The van der Waals surface area contributed by atoms with Crippen molar-refractivity contribution in [2.75, 3.05) is 26.2 Å². The molecule has 2 fully saturated rings. The summed E-state index contributed by atoms with van der Waals surface area (Å²) < 4.78 is 0. The molecule has 2 unspecified atom stereocenters. The van der Waals surface area contributed by atoms with E-state index >= 15 is 0 Å². The average Bonchev–Trinajstić information content (AvgIpc) is 2.89. The van der Waals surface area contributed by atoms with Crippen LogP contribution in [0, 0.1) is 17.2 Å². The van der Waals surface area contributed by atoms with Gasteiger partial charge in [-0.15, -0.1) is 0 Å². The van der Waals surface area contributed by atoms with E-state index in [1.54, 1.807) is 0 Å². The molecule has 2 saturated heterocycles. The summed E-state index contributed by atoms with van der Waals surface area (Å²) in [6.45, 7) is 4.98. The lowest BCUT2D eigenvalue weighted by molar-refractivity contribution is 0.150. The zero-order valence-electron chi connectivity index (χ0n) is 10.8. The van der Waals surface area contributed by atoms with Crippen molar-refractivity contribution in [2.24, 2.45) is 5.92 Å². The number of likely N-dealkylation sites (tertiary alicyclic amines) is 1. The van der Waals surface area contributed by atoms with Crippen LogP contribution in [0.15, 0.2) is 0 Å². The first kappa shape index (κ1) is 12.9. The lowest BCUT2D eigenvalue weighted by Gasteiger charge is -2.35. The average molecular weight is 235 g/mol. The Kier molecular flexibility index (Phi) is 5.28. The van der Waals surface area contributed by atoms with Gasteiger partial charge in [-0.2, -0.15) is 5.26 Å². The smallest absolute Gasteiger partial charge is 0.0621 e. The van der Waals surface area contributed by atoms with Gasteiger partial charge in [0.25, 0.3) is 0 Å². The van der Waals surface area contributed by atoms with Crippen molar-refractivity contribution in [1.82, 2.24) is 10.2 Å². The molecule has 2 heterocycles. The predicted molar refractivity (Wildman–Crippen MR) is 69.7 cm³/mol. The Bertz CT molecular complexity index is 253. The van der Waals surface area contributed by atoms with E-state index in [2.05, 4.69) is 16.3 Å². The quantitative estimate of drug-likeness (QED) is 0.742. The summed E-state index contributed by atoms with van der Waals surface area (Å²) >= 11 is 0. The van der Waals surface area contributed by atoms with Crippen LogP contribution in [0.1, 0.15) is 44.9 Å². The fourth-order valence-electron chi connectivity index (χ4n) is 3.28. The van der Waals surface area contributed by atoms with Gasteiger partial charge in [0.05, 0.1) is 6.07 Å². The molecular formula is C14H25N3. The molecule has 0 aliphatic carbocycles. The Morgan fingerprint density at radius 2 is 2.18 bits per heavy atom. The molecule has 0 aromatic heterocycles. The van der Waals surface area contributed by atoms with Crippen LogP contribution >= 0.6 is 0 Å². The molecule has 3 heteroatoms. The van der Waals surface area contributed by atoms with E-state index in [1.165, 1.54) is 58.3 Å². The molecule has 0 aromatic carbocycles. The molecule has 2 rings (SSSR count). The molecule has 0 amide bonds. The third-order valence-corrected chi connectivity index (χ3v) is 4.22. The van der Waals surface area contributed by atoms with E-state index in [-0.39, 0.29) is 0 Å². The summed E-state index contributed by atoms with van der Waals surface area (Å²) in [4.78, 5) is 2.62. The van der Waals surface area contributed by atoms with E-state index in [0.717, 1.165) is 24.8 Å².